The maximum atomic E-state index is 12.6. The van der Waals surface area contributed by atoms with Crippen molar-refractivity contribution < 1.29 is 16.8 Å². The number of aryl methyl sites for hydroxylation is 2. The summed E-state index contributed by atoms with van der Waals surface area (Å²) in [4.78, 5) is 0.163. The quantitative estimate of drug-likeness (QED) is 0.864. The smallest absolute Gasteiger partial charge is 0.261 e. The Hall–Kier alpha value is -2.06. The fraction of sp³-hybridized carbons (Fsp3) is 0.333. The van der Waals surface area contributed by atoms with Crippen LogP contribution >= 0.6 is 0 Å². The Kier molecular flexibility index (Phi) is 4.98. The van der Waals surface area contributed by atoms with Crippen molar-refractivity contribution >= 4 is 31.4 Å². The van der Waals surface area contributed by atoms with E-state index in [9.17, 15) is 16.8 Å². The molecular weight excluding hydrogens is 372 g/mol. The lowest BCUT2D eigenvalue weighted by atomic mass is 10.1. The van der Waals surface area contributed by atoms with E-state index in [4.69, 9.17) is 0 Å². The molecule has 140 valence electrons. The van der Waals surface area contributed by atoms with Gasteiger partial charge in [-0.25, -0.2) is 16.8 Å². The largest absolute Gasteiger partial charge is 0.280 e. The lowest BCUT2D eigenvalue weighted by Crippen LogP contribution is -2.38. The topological polar surface area (TPSA) is 83.6 Å². The van der Waals surface area contributed by atoms with Gasteiger partial charge in [-0.15, -0.1) is 0 Å². The molecule has 0 saturated carbocycles. The van der Waals surface area contributed by atoms with Gasteiger partial charge in [-0.2, -0.15) is 0 Å². The number of nitrogens with zero attached hydrogens (tertiary/aromatic N) is 1. The van der Waals surface area contributed by atoms with Crippen LogP contribution in [0.25, 0.3) is 0 Å². The van der Waals surface area contributed by atoms with Crippen molar-refractivity contribution in [3.63, 3.8) is 0 Å². The molecule has 0 spiro atoms. The Morgan fingerprint density at radius 2 is 1.69 bits per heavy atom. The van der Waals surface area contributed by atoms with Gasteiger partial charge in [-0.1, -0.05) is 23.8 Å². The molecule has 0 unspecified atom stereocenters. The van der Waals surface area contributed by atoms with Crippen molar-refractivity contribution in [2.45, 2.75) is 31.6 Å². The lowest BCUT2D eigenvalue weighted by Gasteiger charge is -2.29. The van der Waals surface area contributed by atoms with Crippen molar-refractivity contribution in [1.29, 1.82) is 0 Å². The van der Waals surface area contributed by atoms with Gasteiger partial charge in [-0.3, -0.25) is 9.03 Å². The van der Waals surface area contributed by atoms with Crippen molar-refractivity contribution in [3.8, 4) is 0 Å². The minimum absolute atomic E-state index is 0.117. The SMILES string of the molecule is Cc1ccc(S(=O)(=O)Nc2ccc(C)c(N3CCCCS3(=O)=O)c2)cc1. The van der Waals surface area contributed by atoms with Gasteiger partial charge in [0, 0.05) is 6.54 Å². The first-order valence-corrected chi connectivity index (χ1v) is 11.5. The fourth-order valence-corrected chi connectivity index (χ4v) is 5.67. The third-order valence-electron chi connectivity index (χ3n) is 4.41. The molecular formula is C18H22N2O4S2. The van der Waals surface area contributed by atoms with E-state index in [-0.39, 0.29) is 10.6 Å². The molecule has 2 aromatic rings. The molecule has 26 heavy (non-hydrogen) atoms. The van der Waals surface area contributed by atoms with Crippen LogP contribution in [0, 0.1) is 13.8 Å². The van der Waals surface area contributed by atoms with Crippen molar-refractivity contribution in [2.75, 3.05) is 21.3 Å². The van der Waals surface area contributed by atoms with Crippen LogP contribution in [-0.4, -0.2) is 29.1 Å². The second-order valence-corrected chi connectivity index (χ2v) is 10.2. The second-order valence-electron chi connectivity index (χ2n) is 6.52. The second kappa shape index (κ2) is 6.92. The molecule has 0 radical (unpaired) electrons. The molecule has 0 atom stereocenters. The van der Waals surface area contributed by atoms with E-state index in [2.05, 4.69) is 4.72 Å². The van der Waals surface area contributed by atoms with E-state index in [0.717, 1.165) is 17.5 Å². The highest BCUT2D eigenvalue weighted by Gasteiger charge is 2.27. The third-order valence-corrected chi connectivity index (χ3v) is 7.66. The molecule has 1 aliphatic rings. The minimum atomic E-state index is -3.74. The van der Waals surface area contributed by atoms with Crippen LogP contribution in [0.5, 0.6) is 0 Å². The molecule has 1 saturated heterocycles. The zero-order chi connectivity index (χ0) is 18.9. The summed E-state index contributed by atoms with van der Waals surface area (Å²) in [7, 11) is -7.10. The molecule has 0 aromatic heterocycles. The molecule has 2 aromatic carbocycles. The molecule has 1 fully saturated rings. The van der Waals surface area contributed by atoms with E-state index in [0.29, 0.717) is 24.3 Å². The number of anilines is 2. The highest BCUT2D eigenvalue weighted by atomic mass is 32.2. The van der Waals surface area contributed by atoms with Gasteiger partial charge in [0.25, 0.3) is 10.0 Å². The summed E-state index contributed by atoms with van der Waals surface area (Å²) in [5.74, 6) is 0.117. The van der Waals surface area contributed by atoms with Crippen molar-refractivity contribution in [2.24, 2.45) is 0 Å². The summed E-state index contributed by atoms with van der Waals surface area (Å²) in [6.45, 7) is 4.12. The first kappa shape index (κ1) is 18.7. The number of sulfonamides is 2. The molecule has 3 rings (SSSR count). The summed E-state index contributed by atoms with van der Waals surface area (Å²) in [5, 5.41) is 0. The van der Waals surface area contributed by atoms with Crippen molar-refractivity contribution in [1.82, 2.24) is 0 Å². The highest BCUT2D eigenvalue weighted by molar-refractivity contribution is 7.93. The van der Waals surface area contributed by atoms with Gasteiger partial charge in [0.1, 0.15) is 0 Å². The first-order chi connectivity index (χ1) is 12.2. The maximum Gasteiger partial charge on any atom is 0.261 e. The third kappa shape index (κ3) is 3.86. The summed E-state index contributed by atoms with van der Waals surface area (Å²) < 4.78 is 53.8. The Balaban J connectivity index is 1.94. The Morgan fingerprint density at radius 1 is 1.00 bits per heavy atom. The molecule has 8 heteroatoms. The molecule has 6 nitrogen and oxygen atoms in total. The Labute approximate surface area is 155 Å². The summed E-state index contributed by atoms with van der Waals surface area (Å²) in [6, 6.07) is 11.5. The molecule has 1 aliphatic heterocycles. The van der Waals surface area contributed by atoms with E-state index in [1.807, 2.05) is 13.8 Å². The van der Waals surface area contributed by atoms with Crippen molar-refractivity contribution in [3.05, 3.63) is 53.6 Å². The van der Waals surface area contributed by atoms with Crippen LogP contribution in [0.1, 0.15) is 24.0 Å². The predicted octanol–water partition coefficient (Wildman–Crippen LogP) is 3.03. The normalized spacial score (nSPS) is 17.1. The maximum absolute atomic E-state index is 12.6. The number of nitrogens with one attached hydrogen (secondary N) is 1. The van der Waals surface area contributed by atoms with Gasteiger partial charge in [0.05, 0.1) is 22.0 Å². The predicted molar refractivity (Wildman–Crippen MR) is 104 cm³/mol. The highest BCUT2D eigenvalue weighted by Crippen LogP contribution is 2.30. The summed E-state index contributed by atoms with van der Waals surface area (Å²) in [6.07, 6.45) is 1.44. The molecule has 0 bridgehead atoms. The van der Waals surface area contributed by atoms with Crippen LogP contribution in [0.15, 0.2) is 47.4 Å². The lowest BCUT2D eigenvalue weighted by molar-refractivity contribution is 0.574. The van der Waals surface area contributed by atoms with Gasteiger partial charge in [0.2, 0.25) is 10.0 Å². The van der Waals surface area contributed by atoms with Crippen LogP contribution in [0.4, 0.5) is 11.4 Å². The molecule has 0 aliphatic carbocycles. The average molecular weight is 395 g/mol. The van der Waals surface area contributed by atoms with Gasteiger partial charge in [0.15, 0.2) is 0 Å². The first-order valence-electron chi connectivity index (χ1n) is 8.40. The van der Waals surface area contributed by atoms with E-state index < -0.39 is 20.0 Å². The Morgan fingerprint density at radius 3 is 2.35 bits per heavy atom. The zero-order valence-electron chi connectivity index (χ0n) is 14.8. The van der Waals surface area contributed by atoms with E-state index in [1.165, 1.54) is 4.31 Å². The van der Waals surface area contributed by atoms with Crippen LogP contribution < -0.4 is 9.03 Å². The van der Waals surface area contributed by atoms with E-state index in [1.54, 1.807) is 42.5 Å². The average Bonchev–Trinajstić information content (AvgIpc) is 2.57. The number of hydrogen-bond acceptors (Lipinski definition) is 4. The van der Waals surface area contributed by atoms with Gasteiger partial charge in [-0.05, 0) is 56.5 Å². The minimum Gasteiger partial charge on any atom is -0.280 e. The van der Waals surface area contributed by atoms with Crippen LogP contribution in [0.2, 0.25) is 0 Å². The summed E-state index contributed by atoms with van der Waals surface area (Å²) >= 11 is 0. The number of hydrogen-bond donors (Lipinski definition) is 1. The zero-order valence-corrected chi connectivity index (χ0v) is 16.4. The van der Waals surface area contributed by atoms with E-state index >= 15 is 0 Å². The standard InChI is InChI=1S/C18H22N2O4S2/c1-14-5-9-17(10-6-14)26(23,24)19-16-8-7-15(2)18(13-16)20-11-3-4-12-25(20,21)22/h5-10,13,19H,3-4,11-12H2,1-2H3. The van der Waals surface area contributed by atoms with Crippen LogP contribution in [-0.2, 0) is 20.0 Å². The molecule has 0 amide bonds. The van der Waals surface area contributed by atoms with Gasteiger partial charge >= 0.3 is 0 Å². The molecule has 1 N–H and O–H groups in total. The number of rotatable bonds is 4. The number of benzene rings is 2. The fourth-order valence-electron chi connectivity index (χ4n) is 2.93. The Bertz CT molecular complexity index is 1010. The molecule has 1 heterocycles. The summed E-state index contributed by atoms with van der Waals surface area (Å²) in [5.41, 5.74) is 2.62. The monoisotopic (exact) mass is 394 g/mol. The van der Waals surface area contributed by atoms with Crippen LogP contribution in [0.3, 0.4) is 0 Å². The van der Waals surface area contributed by atoms with Gasteiger partial charge < -0.3 is 0 Å².